The van der Waals surface area contributed by atoms with Crippen LogP contribution in [0.15, 0.2) is 41.6 Å². The van der Waals surface area contributed by atoms with Crippen LogP contribution in [-0.2, 0) is 15.2 Å². The minimum absolute atomic E-state index is 0.0608. The van der Waals surface area contributed by atoms with E-state index in [9.17, 15) is 18.0 Å². The minimum atomic E-state index is -4.78. The molecule has 1 atom stereocenters. The Morgan fingerprint density at radius 2 is 1.71 bits per heavy atom. The first kappa shape index (κ1) is 23.4. The van der Waals surface area contributed by atoms with Crippen molar-refractivity contribution in [3.8, 4) is 0 Å². The topological polar surface area (TPSA) is 50.7 Å². The van der Waals surface area contributed by atoms with Crippen LogP contribution >= 0.6 is 23.2 Å². The second kappa shape index (κ2) is 8.02. The fraction of sp³-hybridized carbons (Fsp3) is 0.364. The van der Waals surface area contributed by atoms with Gasteiger partial charge in [0.05, 0.1) is 5.71 Å². The zero-order valence-corrected chi connectivity index (χ0v) is 18.8. The molecule has 1 heterocycles. The van der Waals surface area contributed by atoms with Crippen molar-refractivity contribution in [3.05, 3.63) is 63.1 Å². The van der Waals surface area contributed by atoms with E-state index in [4.69, 9.17) is 28.0 Å². The van der Waals surface area contributed by atoms with Gasteiger partial charge in [-0.2, -0.15) is 13.2 Å². The van der Waals surface area contributed by atoms with Crippen LogP contribution in [0.1, 0.15) is 43.9 Å². The van der Waals surface area contributed by atoms with Crippen LogP contribution in [-0.4, -0.2) is 17.8 Å². The number of carbonyl (C=O) groups is 1. The maximum atomic E-state index is 14.2. The van der Waals surface area contributed by atoms with Crippen molar-refractivity contribution < 1.29 is 22.8 Å². The van der Waals surface area contributed by atoms with Crippen LogP contribution in [0.5, 0.6) is 0 Å². The second-order valence-electron chi connectivity index (χ2n) is 8.52. The van der Waals surface area contributed by atoms with Gasteiger partial charge in [-0.05, 0) is 36.8 Å². The zero-order chi connectivity index (χ0) is 23.2. The Kier molecular flexibility index (Phi) is 6.06. The van der Waals surface area contributed by atoms with Crippen LogP contribution in [0, 0.1) is 12.3 Å². The summed E-state index contributed by atoms with van der Waals surface area (Å²) in [5.74, 6) is -0.212. The van der Waals surface area contributed by atoms with Gasteiger partial charge >= 0.3 is 6.18 Å². The Bertz CT molecular complexity index is 1040. The molecular formula is C22H21Cl2F3N2O2. The Hall–Kier alpha value is -2.25. The van der Waals surface area contributed by atoms with E-state index in [0.717, 1.165) is 5.56 Å². The Morgan fingerprint density at radius 1 is 1.10 bits per heavy atom. The van der Waals surface area contributed by atoms with Crippen LogP contribution in [0.4, 0.5) is 18.9 Å². The number of rotatable bonds is 3. The lowest BCUT2D eigenvalue weighted by atomic mass is 9.86. The van der Waals surface area contributed by atoms with E-state index in [1.54, 1.807) is 45.9 Å². The summed E-state index contributed by atoms with van der Waals surface area (Å²) in [6.07, 6.45) is -5.34. The van der Waals surface area contributed by atoms with E-state index in [1.165, 1.54) is 18.2 Å². The van der Waals surface area contributed by atoms with Gasteiger partial charge in [0.1, 0.15) is 0 Å². The van der Waals surface area contributed by atoms with Crippen molar-refractivity contribution in [3.63, 3.8) is 0 Å². The van der Waals surface area contributed by atoms with E-state index in [2.05, 4.69) is 10.5 Å². The fourth-order valence-corrected chi connectivity index (χ4v) is 3.62. The van der Waals surface area contributed by atoms with Gasteiger partial charge in [0.2, 0.25) is 5.91 Å². The number of anilines is 1. The highest BCUT2D eigenvalue weighted by Crippen LogP contribution is 2.49. The number of hydrogen-bond acceptors (Lipinski definition) is 3. The summed E-state index contributed by atoms with van der Waals surface area (Å²) in [6.45, 7) is 7.10. The van der Waals surface area contributed by atoms with Crippen LogP contribution < -0.4 is 5.32 Å². The number of nitrogens with one attached hydrogen (secondary N) is 1. The maximum absolute atomic E-state index is 14.2. The molecule has 1 N–H and O–H groups in total. The number of benzene rings is 2. The lowest BCUT2D eigenvalue weighted by Gasteiger charge is -2.29. The summed E-state index contributed by atoms with van der Waals surface area (Å²) in [4.78, 5) is 17.4. The number of nitrogens with zero attached hydrogens (tertiary/aromatic N) is 1. The molecule has 2 aromatic carbocycles. The molecule has 0 saturated carbocycles. The molecule has 1 unspecified atom stereocenters. The molecule has 1 aliphatic heterocycles. The summed E-state index contributed by atoms with van der Waals surface area (Å²) >= 11 is 11.9. The number of carbonyl (C=O) groups excluding carboxylic acids is 1. The van der Waals surface area contributed by atoms with Gasteiger partial charge < -0.3 is 10.2 Å². The second-order valence-corrected chi connectivity index (χ2v) is 9.40. The molecule has 0 bridgehead atoms. The van der Waals surface area contributed by atoms with Crippen molar-refractivity contribution in [2.75, 3.05) is 5.32 Å². The number of hydrogen-bond donors (Lipinski definition) is 1. The molecule has 9 heteroatoms. The molecule has 3 rings (SSSR count). The van der Waals surface area contributed by atoms with Crippen molar-refractivity contribution in [2.24, 2.45) is 10.6 Å². The van der Waals surface area contributed by atoms with Gasteiger partial charge in [-0.3, -0.25) is 4.79 Å². The van der Waals surface area contributed by atoms with Gasteiger partial charge in [0, 0.05) is 38.7 Å². The van der Waals surface area contributed by atoms with Gasteiger partial charge in [0.15, 0.2) is 0 Å². The number of alkyl halides is 3. The van der Waals surface area contributed by atoms with Crippen molar-refractivity contribution in [1.82, 2.24) is 0 Å². The quantitative estimate of drug-likeness (QED) is 0.529. The lowest BCUT2D eigenvalue weighted by molar-refractivity contribution is -0.275. The highest BCUT2D eigenvalue weighted by molar-refractivity contribution is 6.34. The minimum Gasteiger partial charge on any atom is -0.374 e. The van der Waals surface area contributed by atoms with Gasteiger partial charge in [-0.25, -0.2) is 0 Å². The van der Waals surface area contributed by atoms with Crippen molar-refractivity contribution in [2.45, 2.75) is 45.9 Å². The van der Waals surface area contributed by atoms with Gasteiger partial charge in [0.25, 0.3) is 5.60 Å². The Balaban J connectivity index is 1.97. The summed E-state index contributed by atoms with van der Waals surface area (Å²) < 4.78 is 42.5. The monoisotopic (exact) mass is 472 g/mol. The molecular weight excluding hydrogens is 452 g/mol. The molecule has 1 aliphatic rings. The smallest absolute Gasteiger partial charge is 0.374 e. The maximum Gasteiger partial charge on any atom is 0.435 e. The third kappa shape index (κ3) is 4.67. The fourth-order valence-electron chi connectivity index (χ4n) is 3.09. The van der Waals surface area contributed by atoms with E-state index in [1.807, 2.05) is 0 Å². The van der Waals surface area contributed by atoms with E-state index in [0.29, 0.717) is 11.3 Å². The standard InChI is InChI=1S/C22H21Cl2F3N2O2/c1-12-5-6-13(7-17(12)28-19(30)20(2,3)4)18-11-21(31-29-18,22(25,26)27)14-8-15(23)10-16(24)9-14/h5-10H,11H2,1-4H3,(H,28,30). The number of halogens is 5. The Labute approximate surface area is 188 Å². The average Bonchev–Trinajstić information content (AvgIpc) is 3.08. The van der Waals surface area contributed by atoms with Crippen molar-refractivity contribution >= 4 is 40.5 Å². The predicted molar refractivity (Wildman–Crippen MR) is 116 cm³/mol. The molecule has 166 valence electrons. The molecule has 0 fully saturated rings. The number of aryl methyl sites for hydroxylation is 1. The highest BCUT2D eigenvalue weighted by atomic mass is 35.5. The van der Waals surface area contributed by atoms with E-state index < -0.39 is 23.6 Å². The highest BCUT2D eigenvalue weighted by Gasteiger charge is 2.62. The molecule has 4 nitrogen and oxygen atoms in total. The molecule has 0 aliphatic carbocycles. The SMILES string of the molecule is Cc1ccc(C2=NOC(c3cc(Cl)cc(Cl)c3)(C(F)(F)F)C2)cc1NC(=O)C(C)(C)C. The van der Waals surface area contributed by atoms with Crippen molar-refractivity contribution in [1.29, 1.82) is 0 Å². The molecule has 0 spiro atoms. The lowest BCUT2D eigenvalue weighted by Crippen LogP contribution is -2.42. The Morgan fingerprint density at radius 3 is 2.26 bits per heavy atom. The first-order chi connectivity index (χ1) is 14.2. The third-order valence-corrected chi connectivity index (χ3v) is 5.45. The predicted octanol–water partition coefficient (Wildman–Crippen LogP) is 6.87. The molecule has 0 saturated heterocycles. The summed E-state index contributed by atoms with van der Waals surface area (Å²) in [6, 6.07) is 8.63. The summed E-state index contributed by atoms with van der Waals surface area (Å²) in [5, 5.41) is 6.70. The molecule has 0 aromatic heterocycles. The average molecular weight is 473 g/mol. The van der Waals surface area contributed by atoms with Gasteiger partial charge in [-0.15, -0.1) is 0 Å². The summed E-state index contributed by atoms with van der Waals surface area (Å²) in [7, 11) is 0. The largest absolute Gasteiger partial charge is 0.435 e. The first-order valence-electron chi connectivity index (χ1n) is 9.44. The third-order valence-electron chi connectivity index (χ3n) is 5.02. The molecule has 0 radical (unpaired) electrons. The van der Waals surface area contributed by atoms with E-state index in [-0.39, 0.29) is 27.2 Å². The molecule has 31 heavy (non-hydrogen) atoms. The van der Waals surface area contributed by atoms with Crippen LogP contribution in [0.2, 0.25) is 10.0 Å². The molecule has 1 amide bonds. The number of amides is 1. The van der Waals surface area contributed by atoms with Crippen LogP contribution in [0.25, 0.3) is 0 Å². The molecule has 2 aromatic rings. The van der Waals surface area contributed by atoms with Crippen LogP contribution in [0.3, 0.4) is 0 Å². The summed E-state index contributed by atoms with van der Waals surface area (Å²) in [5.41, 5.74) is -1.80. The zero-order valence-electron chi connectivity index (χ0n) is 17.3. The first-order valence-corrected chi connectivity index (χ1v) is 10.2. The van der Waals surface area contributed by atoms with Gasteiger partial charge in [-0.1, -0.05) is 61.3 Å². The number of oxime groups is 1. The van der Waals surface area contributed by atoms with E-state index >= 15 is 0 Å². The normalized spacial score (nSPS) is 19.1.